The van der Waals surface area contributed by atoms with Crippen molar-refractivity contribution in [3.8, 4) is 0 Å². The van der Waals surface area contributed by atoms with Gasteiger partial charge < -0.3 is 20.3 Å². The van der Waals surface area contributed by atoms with Gasteiger partial charge in [0, 0.05) is 44.8 Å². The van der Waals surface area contributed by atoms with Crippen molar-refractivity contribution in [2.45, 2.75) is 32.2 Å². The Morgan fingerprint density at radius 3 is 2.56 bits per heavy atom. The van der Waals surface area contributed by atoms with Crippen LogP contribution < -0.4 is 10.6 Å². The average molecular weight is 371 g/mol. The van der Waals surface area contributed by atoms with Gasteiger partial charge in [0.2, 0.25) is 5.91 Å². The SMILES string of the molecule is O=C(NCC1CC1)[C@@H]1CN(C(=O)NCc2ccccc2)CC12CCOCC2. The van der Waals surface area contributed by atoms with Gasteiger partial charge in [-0.1, -0.05) is 30.3 Å². The van der Waals surface area contributed by atoms with E-state index in [0.717, 1.165) is 24.9 Å². The van der Waals surface area contributed by atoms with Crippen LogP contribution in [0.1, 0.15) is 31.2 Å². The van der Waals surface area contributed by atoms with E-state index in [1.165, 1.54) is 12.8 Å². The number of urea groups is 1. The van der Waals surface area contributed by atoms with E-state index in [9.17, 15) is 9.59 Å². The third-order valence-corrected chi connectivity index (χ3v) is 6.29. The summed E-state index contributed by atoms with van der Waals surface area (Å²) in [6.45, 7) is 3.76. The molecule has 146 valence electrons. The van der Waals surface area contributed by atoms with E-state index in [0.29, 0.717) is 38.8 Å². The second kappa shape index (κ2) is 7.89. The van der Waals surface area contributed by atoms with Crippen LogP contribution in [-0.4, -0.2) is 49.7 Å². The molecule has 3 fully saturated rings. The lowest BCUT2D eigenvalue weighted by molar-refractivity contribution is -0.129. The number of carbonyl (C=O) groups excluding carboxylic acids is 2. The standard InChI is InChI=1S/C21H29N3O3/c25-19(22-12-17-6-7-17)18-14-24(15-21(18)8-10-27-11-9-21)20(26)23-13-16-4-2-1-3-5-16/h1-5,17-18H,6-15H2,(H,22,25)(H,23,26)/t18-/m0/s1. The first-order valence-electron chi connectivity index (χ1n) is 10.1. The van der Waals surface area contributed by atoms with Gasteiger partial charge in [0.15, 0.2) is 0 Å². The van der Waals surface area contributed by atoms with Gasteiger partial charge in [-0.3, -0.25) is 4.79 Å². The summed E-state index contributed by atoms with van der Waals surface area (Å²) in [6, 6.07) is 9.81. The number of benzene rings is 1. The molecule has 1 aromatic carbocycles. The second-order valence-electron chi connectivity index (χ2n) is 8.24. The Bertz CT molecular complexity index is 669. The molecule has 1 saturated carbocycles. The molecular formula is C21H29N3O3. The molecule has 1 aromatic rings. The maximum atomic E-state index is 12.9. The first kappa shape index (κ1) is 18.3. The van der Waals surface area contributed by atoms with Gasteiger partial charge in [0.1, 0.15) is 0 Å². The summed E-state index contributed by atoms with van der Waals surface area (Å²) in [5.74, 6) is 0.635. The van der Waals surface area contributed by atoms with Gasteiger partial charge >= 0.3 is 6.03 Å². The number of rotatable bonds is 5. The Hall–Kier alpha value is -2.08. The topological polar surface area (TPSA) is 70.7 Å². The molecule has 0 unspecified atom stereocenters. The van der Waals surface area contributed by atoms with Crippen molar-refractivity contribution in [1.29, 1.82) is 0 Å². The van der Waals surface area contributed by atoms with E-state index < -0.39 is 0 Å². The number of ether oxygens (including phenoxy) is 1. The maximum Gasteiger partial charge on any atom is 0.317 e. The zero-order valence-electron chi connectivity index (χ0n) is 15.8. The molecule has 1 atom stereocenters. The summed E-state index contributed by atoms with van der Waals surface area (Å²) in [4.78, 5) is 27.5. The second-order valence-corrected chi connectivity index (χ2v) is 8.24. The minimum Gasteiger partial charge on any atom is -0.381 e. The number of carbonyl (C=O) groups is 2. The van der Waals surface area contributed by atoms with Gasteiger partial charge in [0.25, 0.3) is 0 Å². The van der Waals surface area contributed by atoms with Crippen LogP contribution in [0.3, 0.4) is 0 Å². The van der Waals surface area contributed by atoms with E-state index >= 15 is 0 Å². The molecule has 6 heteroatoms. The van der Waals surface area contributed by atoms with Crippen LogP contribution >= 0.6 is 0 Å². The predicted molar refractivity (Wildman–Crippen MR) is 102 cm³/mol. The third-order valence-electron chi connectivity index (χ3n) is 6.29. The molecule has 27 heavy (non-hydrogen) atoms. The molecular weight excluding hydrogens is 342 g/mol. The lowest BCUT2D eigenvalue weighted by atomic mass is 9.72. The smallest absolute Gasteiger partial charge is 0.317 e. The molecule has 0 bridgehead atoms. The maximum absolute atomic E-state index is 12.9. The molecule has 0 aromatic heterocycles. The normalized spacial score (nSPS) is 24.0. The predicted octanol–water partition coefficient (Wildman–Crippen LogP) is 2.15. The summed E-state index contributed by atoms with van der Waals surface area (Å²) < 4.78 is 5.54. The zero-order valence-corrected chi connectivity index (χ0v) is 15.8. The quantitative estimate of drug-likeness (QED) is 0.833. The molecule has 2 aliphatic heterocycles. The molecule has 2 N–H and O–H groups in total. The molecule has 3 amide bonds. The summed E-state index contributed by atoms with van der Waals surface area (Å²) in [7, 11) is 0. The van der Waals surface area contributed by atoms with Gasteiger partial charge in [0.05, 0.1) is 5.92 Å². The molecule has 1 aliphatic carbocycles. The van der Waals surface area contributed by atoms with E-state index in [1.54, 1.807) is 0 Å². The number of hydrogen-bond donors (Lipinski definition) is 2. The lowest BCUT2D eigenvalue weighted by Gasteiger charge is -2.37. The van der Waals surface area contributed by atoms with Gasteiger partial charge in [-0.15, -0.1) is 0 Å². The van der Waals surface area contributed by atoms with Crippen molar-refractivity contribution >= 4 is 11.9 Å². The minimum atomic E-state index is -0.143. The molecule has 3 aliphatic rings. The number of nitrogens with one attached hydrogen (secondary N) is 2. The van der Waals surface area contributed by atoms with Crippen LogP contribution in [0.2, 0.25) is 0 Å². The van der Waals surface area contributed by atoms with E-state index in [1.807, 2.05) is 35.2 Å². The van der Waals surface area contributed by atoms with Crippen LogP contribution in [-0.2, 0) is 16.1 Å². The van der Waals surface area contributed by atoms with Crippen molar-refractivity contribution in [2.24, 2.45) is 17.3 Å². The van der Waals surface area contributed by atoms with E-state index in [2.05, 4.69) is 10.6 Å². The first-order valence-corrected chi connectivity index (χ1v) is 10.1. The summed E-state index contributed by atoms with van der Waals surface area (Å²) in [5.41, 5.74) is 0.931. The molecule has 2 saturated heterocycles. The molecule has 4 rings (SSSR count). The third kappa shape index (κ3) is 4.26. The molecule has 2 heterocycles. The van der Waals surface area contributed by atoms with Crippen LogP contribution in [0, 0.1) is 17.3 Å². The van der Waals surface area contributed by atoms with Gasteiger partial charge in [-0.25, -0.2) is 4.79 Å². The molecule has 0 radical (unpaired) electrons. The van der Waals surface area contributed by atoms with Crippen molar-refractivity contribution < 1.29 is 14.3 Å². The van der Waals surface area contributed by atoms with Crippen LogP contribution in [0.15, 0.2) is 30.3 Å². The summed E-state index contributed by atoms with van der Waals surface area (Å²) in [5, 5.41) is 6.14. The highest BCUT2D eigenvalue weighted by Gasteiger charge is 2.51. The fourth-order valence-electron chi connectivity index (χ4n) is 4.34. The molecule has 1 spiro atoms. The van der Waals surface area contributed by atoms with Crippen LogP contribution in [0.4, 0.5) is 4.79 Å². The van der Waals surface area contributed by atoms with Crippen molar-refractivity contribution in [1.82, 2.24) is 15.5 Å². The number of nitrogens with zero attached hydrogens (tertiary/aromatic N) is 1. The van der Waals surface area contributed by atoms with Crippen LogP contribution in [0.25, 0.3) is 0 Å². The Morgan fingerprint density at radius 1 is 1.11 bits per heavy atom. The van der Waals surface area contributed by atoms with Gasteiger partial charge in [-0.2, -0.15) is 0 Å². The van der Waals surface area contributed by atoms with Gasteiger partial charge in [-0.05, 0) is 37.2 Å². The number of hydrogen-bond acceptors (Lipinski definition) is 3. The highest BCUT2D eigenvalue weighted by Crippen LogP contribution is 2.44. The Balaban J connectivity index is 1.39. The fraction of sp³-hybridized carbons (Fsp3) is 0.619. The number of amides is 3. The lowest BCUT2D eigenvalue weighted by Crippen LogP contribution is -2.44. The Labute approximate surface area is 160 Å². The largest absolute Gasteiger partial charge is 0.381 e. The first-order chi connectivity index (χ1) is 13.2. The minimum absolute atomic E-state index is 0.0813. The van der Waals surface area contributed by atoms with E-state index in [-0.39, 0.29) is 23.3 Å². The van der Waals surface area contributed by atoms with Crippen molar-refractivity contribution in [3.05, 3.63) is 35.9 Å². The van der Waals surface area contributed by atoms with Crippen molar-refractivity contribution in [3.63, 3.8) is 0 Å². The van der Waals surface area contributed by atoms with E-state index in [4.69, 9.17) is 4.74 Å². The van der Waals surface area contributed by atoms with Crippen LogP contribution in [0.5, 0.6) is 0 Å². The summed E-state index contributed by atoms with van der Waals surface area (Å²) in [6.07, 6.45) is 4.13. The fourth-order valence-corrected chi connectivity index (χ4v) is 4.34. The number of likely N-dealkylation sites (tertiary alicyclic amines) is 1. The molecule has 6 nitrogen and oxygen atoms in total. The Morgan fingerprint density at radius 2 is 1.85 bits per heavy atom. The Kier molecular flexibility index (Phi) is 5.34. The zero-order chi connectivity index (χ0) is 18.7. The highest BCUT2D eigenvalue weighted by molar-refractivity contribution is 5.82. The van der Waals surface area contributed by atoms with Crippen molar-refractivity contribution in [2.75, 3.05) is 32.8 Å². The average Bonchev–Trinajstić information content (AvgIpc) is 3.47. The highest BCUT2D eigenvalue weighted by atomic mass is 16.5. The summed E-state index contributed by atoms with van der Waals surface area (Å²) >= 11 is 0. The monoisotopic (exact) mass is 371 g/mol.